The van der Waals surface area contributed by atoms with Gasteiger partial charge in [-0.05, 0) is 32.1 Å². The fraction of sp³-hybridized carbons (Fsp3) is 0.667. The van der Waals surface area contributed by atoms with Gasteiger partial charge < -0.3 is 10.3 Å². The summed E-state index contributed by atoms with van der Waals surface area (Å²) in [7, 11) is 2.10. The van der Waals surface area contributed by atoms with E-state index in [1.165, 1.54) is 12.8 Å². The first-order chi connectivity index (χ1) is 8.19. The maximum atomic E-state index is 5.48. The number of nitrogens with zero attached hydrogens (tertiary/aromatic N) is 3. The van der Waals surface area contributed by atoms with Crippen LogP contribution in [0.2, 0.25) is 0 Å². The molecule has 0 spiro atoms. The summed E-state index contributed by atoms with van der Waals surface area (Å²) in [5.41, 5.74) is 3.74. The summed E-state index contributed by atoms with van der Waals surface area (Å²) in [6, 6.07) is 0.529. The van der Waals surface area contributed by atoms with E-state index in [4.69, 9.17) is 5.84 Å². The number of nitrogen functional groups attached to an aromatic ring is 1. The molecule has 3 N–H and O–H groups in total. The highest BCUT2D eigenvalue weighted by Crippen LogP contribution is 2.37. The number of rotatable bonds is 5. The Morgan fingerprint density at radius 1 is 1.53 bits per heavy atom. The molecule has 1 aromatic rings. The first kappa shape index (κ1) is 12.1. The van der Waals surface area contributed by atoms with Crippen molar-refractivity contribution in [2.75, 3.05) is 17.4 Å². The molecular formula is C12H21N5. The van der Waals surface area contributed by atoms with Crippen molar-refractivity contribution in [3.63, 3.8) is 0 Å². The van der Waals surface area contributed by atoms with Crippen LogP contribution >= 0.6 is 0 Å². The molecule has 5 nitrogen and oxygen atoms in total. The van der Waals surface area contributed by atoms with Crippen LogP contribution in [0.15, 0.2) is 6.33 Å². The Balaban J connectivity index is 2.29. The molecule has 1 aromatic heterocycles. The quantitative estimate of drug-likeness (QED) is 0.599. The van der Waals surface area contributed by atoms with Crippen LogP contribution in [0.4, 0.5) is 11.6 Å². The van der Waals surface area contributed by atoms with Crippen molar-refractivity contribution in [1.29, 1.82) is 0 Å². The maximum absolute atomic E-state index is 5.48. The standard InChI is InChI=1S/C12H21N5/c1-4-10-11(16-13)14-7-15-12(10)17(3)8(2)9-5-6-9/h7-9H,4-6,13H2,1-3H3,(H,14,15,16). The lowest BCUT2D eigenvalue weighted by Gasteiger charge is -2.28. The molecule has 0 bridgehead atoms. The Morgan fingerprint density at radius 3 is 2.76 bits per heavy atom. The van der Waals surface area contributed by atoms with Crippen LogP contribution in [0.3, 0.4) is 0 Å². The van der Waals surface area contributed by atoms with E-state index in [1.54, 1.807) is 6.33 Å². The summed E-state index contributed by atoms with van der Waals surface area (Å²) in [6.07, 6.45) is 5.11. The average Bonchev–Trinajstić information content (AvgIpc) is 3.20. The van der Waals surface area contributed by atoms with Gasteiger partial charge in [0.15, 0.2) is 0 Å². The second-order valence-corrected chi connectivity index (χ2v) is 4.71. The first-order valence-electron chi connectivity index (χ1n) is 6.22. The summed E-state index contributed by atoms with van der Waals surface area (Å²) in [5, 5.41) is 0. The van der Waals surface area contributed by atoms with Crippen molar-refractivity contribution < 1.29 is 0 Å². The Kier molecular flexibility index (Phi) is 3.47. The van der Waals surface area contributed by atoms with Gasteiger partial charge in [0.25, 0.3) is 0 Å². The lowest BCUT2D eigenvalue weighted by Crippen LogP contribution is -2.32. The molecule has 0 aliphatic heterocycles. The third-order valence-electron chi connectivity index (χ3n) is 3.66. The van der Waals surface area contributed by atoms with Gasteiger partial charge in [-0.3, -0.25) is 0 Å². The monoisotopic (exact) mass is 235 g/mol. The summed E-state index contributed by atoms with van der Waals surface area (Å²) in [5.74, 6) is 8.02. The van der Waals surface area contributed by atoms with Gasteiger partial charge in [-0.25, -0.2) is 15.8 Å². The van der Waals surface area contributed by atoms with Crippen molar-refractivity contribution in [1.82, 2.24) is 9.97 Å². The van der Waals surface area contributed by atoms with Gasteiger partial charge in [0.1, 0.15) is 18.0 Å². The lowest BCUT2D eigenvalue weighted by molar-refractivity contribution is 0.601. The first-order valence-corrected chi connectivity index (χ1v) is 6.22. The maximum Gasteiger partial charge on any atom is 0.148 e. The molecule has 17 heavy (non-hydrogen) atoms. The van der Waals surface area contributed by atoms with Crippen molar-refractivity contribution in [2.45, 2.75) is 39.2 Å². The highest BCUT2D eigenvalue weighted by Gasteiger charge is 2.31. The predicted octanol–water partition coefficient (Wildman–Crippen LogP) is 1.56. The molecule has 1 heterocycles. The van der Waals surface area contributed by atoms with Crippen LogP contribution in [0.25, 0.3) is 0 Å². The summed E-state index contributed by atoms with van der Waals surface area (Å²) >= 11 is 0. The van der Waals surface area contributed by atoms with Crippen LogP contribution in [0.1, 0.15) is 32.3 Å². The molecule has 5 heteroatoms. The molecule has 1 aliphatic rings. The highest BCUT2D eigenvalue weighted by molar-refractivity contribution is 5.58. The molecule has 2 rings (SSSR count). The number of nitrogens with two attached hydrogens (primary N) is 1. The van der Waals surface area contributed by atoms with Crippen molar-refractivity contribution >= 4 is 11.6 Å². The van der Waals surface area contributed by atoms with E-state index in [1.807, 2.05) is 0 Å². The lowest BCUT2D eigenvalue weighted by atomic mass is 10.1. The number of aromatic nitrogens is 2. The van der Waals surface area contributed by atoms with Gasteiger partial charge >= 0.3 is 0 Å². The van der Waals surface area contributed by atoms with Gasteiger partial charge in [0.2, 0.25) is 0 Å². The minimum absolute atomic E-state index is 0.529. The number of hydrazine groups is 1. The largest absolute Gasteiger partial charge is 0.356 e. The van der Waals surface area contributed by atoms with Gasteiger partial charge in [0, 0.05) is 18.7 Å². The van der Waals surface area contributed by atoms with Gasteiger partial charge in [-0.1, -0.05) is 6.92 Å². The Hall–Kier alpha value is -1.36. The van der Waals surface area contributed by atoms with Crippen LogP contribution in [0, 0.1) is 5.92 Å². The fourth-order valence-electron chi connectivity index (χ4n) is 2.24. The van der Waals surface area contributed by atoms with Crippen molar-refractivity contribution in [2.24, 2.45) is 11.8 Å². The topological polar surface area (TPSA) is 67.1 Å². The number of hydrogen-bond acceptors (Lipinski definition) is 5. The van der Waals surface area contributed by atoms with E-state index >= 15 is 0 Å². The second kappa shape index (κ2) is 4.87. The van der Waals surface area contributed by atoms with Crippen LogP contribution in [-0.2, 0) is 6.42 Å². The predicted molar refractivity (Wildman–Crippen MR) is 69.8 cm³/mol. The number of nitrogens with one attached hydrogen (secondary N) is 1. The number of anilines is 2. The molecule has 0 amide bonds. The minimum Gasteiger partial charge on any atom is -0.356 e. The van der Waals surface area contributed by atoms with E-state index in [-0.39, 0.29) is 0 Å². The van der Waals surface area contributed by atoms with Crippen LogP contribution in [0.5, 0.6) is 0 Å². The van der Waals surface area contributed by atoms with Crippen LogP contribution in [-0.4, -0.2) is 23.1 Å². The molecule has 0 aromatic carbocycles. The van der Waals surface area contributed by atoms with Gasteiger partial charge in [-0.2, -0.15) is 0 Å². The zero-order valence-electron chi connectivity index (χ0n) is 10.8. The van der Waals surface area contributed by atoms with E-state index in [0.29, 0.717) is 6.04 Å². The molecule has 0 saturated heterocycles. The van der Waals surface area contributed by atoms with Crippen LogP contribution < -0.4 is 16.2 Å². The second-order valence-electron chi connectivity index (χ2n) is 4.71. The molecular weight excluding hydrogens is 214 g/mol. The SMILES string of the molecule is CCc1c(NN)ncnc1N(C)C(C)C1CC1. The molecule has 0 radical (unpaired) electrons. The summed E-state index contributed by atoms with van der Waals surface area (Å²) in [4.78, 5) is 10.8. The Bertz CT molecular complexity index is 388. The van der Waals surface area contributed by atoms with E-state index in [0.717, 1.165) is 29.5 Å². The number of hydrogen-bond donors (Lipinski definition) is 2. The van der Waals surface area contributed by atoms with E-state index in [2.05, 4.69) is 41.2 Å². The minimum atomic E-state index is 0.529. The zero-order chi connectivity index (χ0) is 12.4. The molecule has 94 valence electrons. The molecule has 1 unspecified atom stereocenters. The van der Waals surface area contributed by atoms with Crippen molar-refractivity contribution in [3.05, 3.63) is 11.9 Å². The van der Waals surface area contributed by atoms with Gasteiger partial charge in [-0.15, -0.1) is 0 Å². The normalized spacial score (nSPS) is 16.7. The Labute approximate surface area is 102 Å². The highest BCUT2D eigenvalue weighted by atomic mass is 15.3. The summed E-state index contributed by atoms with van der Waals surface area (Å²) < 4.78 is 0. The summed E-state index contributed by atoms with van der Waals surface area (Å²) in [6.45, 7) is 4.35. The van der Waals surface area contributed by atoms with Crippen molar-refractivity contribution in [3.8, 4) is 0 Å². The van der Waals surface area contributed by atoms with E-state index < -0.39 is 0 Å². The van der Waals surface area contributed by atoms with Gasteiger partial charge in [0.05, 0.1) is 0 Å². The average molecular weight is 235 g/mol. The Morgan fingerprint density at radius 2 is 2.24 bits per heavy atom. The zero-order valence-corrected chi connectivity index (χ0v) is 10.8. The molecule has 1 atom stereocenters. The third-order valence-corrected chi connectivity index (χ3v) is 3.66. The third kappa shape index (κ3) is 2.34. The molecule has 1 saturated carbocycles. The van der Waals surface area contributed by atoms with E-state index in [9.17, 15) is 0 Å². The fourth-order valence-corrected chi connectivity index (χ4v) is 2.24. The molecule has 1 aliphatic carbocycles. The smallest absolute Gasteiger partial charge is 0.148 e. The molecule has 1 fully saturated rings.